The van der Waals surface area contributed by atoms with Gasteiger partial charge in [-0.05, 0) is 31.5 Å². The van der Waals surface area contributed by atoms with Crippen LogP contribution in [0.1, 0.15) is 29.2 Å². The van der Waals surface area contributed by atoms with Crippen LogP contribution in [0.15, 0.2) is 24.3 Å². The summed E-state index contributed by atoms with van der Waals surface area (Å²) < 4.78 is 12.8. The Labute approximate surface area is 137 Å². The Kier molecular flexibility index (Phi) is 4.57. The topological polar surface area (TPSA) is 39.5 Å². The van der Waals surface area contributed by atoms with Crippen LogP contribution in [0, 0.1) is 6.92 Å². The zero-order valence-electron chi connectivity index (χ0n) is 14.4. The number of likely N-dealkylation sites (tertiary alicyclic amines) is 1. The maximum absolute atomic E-state index is 5.52. The van der Waals surface area contributed by atoms with E-state index >= 15 is 0 Å². The fourth-order valence-corrected chi connectivity index (χ4v) is 3.58. The summed E-state index contributed by atoms with van der Waals surface area (Å²) in [6, 6.07) is 8.35. The van der Waals surface area contributed by atoms with Crippen molar-refractivity contribution in [2.24, 2.45) is 7.05 Å². The number of aromatic nitrogens is 2. The molecule has 1 aliphatic heterocycles. The highest BCUT2D eigenvalue weighted by Crippen LogP contribution is 2.34. The predicted octanol–water partition coefficient (Wildman–Crippen LogP) is 2.74. The standard InChI is InChI=1S/C18H25N3O2/c1-13-16(18(23-4)20(2)19-13)12-21-10-9-14(11-21)15-7-5-6-8-17(15)22-3/h5-8,14H,9-12H2,1-4H3. The third-order valence-corrected chi connectivity index (χ3v) is 4.72. The lowest BCUT2D eigenvalue weighted by Crippen LogP contribution is -2.20. The first-order valence-electron chi connectivity index (χ1n) is 8.05. The number of aryl methyl sites for hydroxylation is 2. The van der Waals surface area contributed by atoms with Crippen molar-refractivity contribution in [3.8, 4) is 11.6 Å². The van der Waals surface area contributed by atoms with Crippen molar-refractivity contribution in [1.82, 2.24) is 14.7 Å². The molecule has 2 heterocycles. The Morgan fingerprint density at radius 1 is 1.22 bits per heavy atom. The molecule has 0 bridgehead atoms. The number of benzene rings is 1. The van der Waals surface area contributed by atoms with Gasteiger partial charge in [-0.1, -0.05) is 18.2 Å². The minimum atomic E-state index is 0.522. The molecule has 5 nitrogen and oxygen atoms in total. The Balaban J connectivity index is 1.74. The molecule has 0 amide bonds. The molecule has 0 saturated carbocycles. The van der Waals surface area contributed by atoms with Gasteiger partial charge >= 0.3 is 0 Å². The lowest BCUT2D eigenvalue weighted by Gasteiger charge is -2.18. The lowest BCUT2D eigenvalue weighted by molar-refractivity contribution is 0.310. The average molecular weight is 315 g/mol. The molecule has 1 saturated heterocycles. The Morgan fingerprint density at radius 3 is 2.74 bits per heavy atom. The summed E-state index contributed by atoms with van der Waals surface area (Å²) >= 11 is 0. The summed E-state index contributed by atoms with van der Waals surface area (Å²) in [6.07, 6.45) is 1.15. The van der Waals surface area contributed by atoms with Gasteiger partial charge in [0.2, 0.25) is 5.88 Å². The van der Waals surface area contributed by atoms with Crippen molar-refractivity contribution in [2.45, 2.75) is 25.8 Å². The number of hydrogen-bond donors (Lipinski definition) is 0. The van der Waals surface area contributed by atoms with Crippen molar-refractivity contribution in [1.29, 1.82) is 0 Å². The number of methoxy groups -OCH3 is 2. The molecule has 0 N–H and O–H groups in total. The second-order valence-electron chi connectivity index (χ2n) is 6.16. The van der Waals surface area contributed by atoms with Crippen molar-refractivity contribution in [2.75, 3.05) is 27.3 Å². The zero-order chi connectivity index (χ0) is 16.4. The highest BCUT2D eigenvalue weighted by Gasteiger charge is 2.27. The molecule has 1 fully saturated rings. The van der Waals surface area contributed by atoms with Gasteiger partial charge in [-0.25, -0.2) is 4.68 Å². The molecule has 1 atom stereocenters. The Bertz CT molecular complexity index is 681. The molecule has 1 aromatic heterocycles. The van der Waals surface area contributed by atoms with Crippen LogP contribution in [0.5, 0.6) is 11.6 Å². The quantitative estimate of drug-likeness (QED) is 0.850. The van der Waals surface area contributed by atoms with Crippen LogP contribution in [-0.4, -0.2) is 42.0 Å². The normalized spacial score (nSPS) is 18.3. The minimum absolute atomic E-state index is 0.522. The molecular weight excluding hydrogens is 290 g/mol. The van der Waals surface area contributed by atoms with Gasteiger partial charge in [0.15, 0.2) is 0 Å². The first kappa shape index (κ1) is 15.9. The Morgan fingerprint density at radius 2 is 2.00 bits per heavy atom. The van der Waals surface area contributed by atoms with Crippen LogP contribution in [0.2, 0.25) is 0 Å². The molecule has 124 valence electrons. The molecule has 5 heteroatoms. The number of ether oxygens (including phenoxy) is 2. The molecule has 0 spiro atoms. The second-order valence-corrected chi connectivity index (χ2v) is 6.16. The number of rotatable bonds is 5. The molecule has 1 aliphatic rings. The van der Waals surface area contributed by atoms with E-state index in [-0.39, 0.29) is 0 Å². The van der Waals surface area contributed by atoms with Gasteiger partial charge in [0, 0.05) is 26.1 Å². The van der Waals surface area contributed by atoms with Crippen LogP contribution in [0.3, 0.4) is 0 Å². The van der Waals surface area contributed by atoms with Gasteiger partial charge in [-0.3, -0.25) is 4.90 Å². The van der Waals surface area contributed by atoms with Crippen molar-refractivity contribution >= 4 is 0 Å². The van der Waals surface area contributed by atoms with E-state index in [9.17, 15) is 0 Å². The summed E-state index contributed by atoms with van der Waals surface area (Å²) in [5.41, 5.74) is 3.55. The summed E-state index contributed by atoms with van der Waals surface area (Å²) in [5, 5.41) is 4.47. The number of para-hydroxylation sites is 1. The van der Waals surface area contributed by atoms with Crippen LogP contribution in [0.4, 0.5) is 0 Å². The van der Waals surface area contributed by atoms with E-state index in [2.05, 4.69) is 22.1 Å². The van der Waals surface area contributed by atoms with E-state index in [0.717, 1.165) is 43.4 Å². The fraction of sp³-hybridized carbons (Fsp3) is 0.500. The van der Waals surface area contributed by atoms with Crippen molar-refractivity contribution in [3.63, 3.8) is 0 Å². The van der Waals surface area contributed by atoms with Gasteiger partial charge < -0.3 is 9.47 Å². The van der Waals surface area contributed by atoms with Gasteiger partial charge in [0.25, 0.3) is 0 Å². The third kappa shape index (κ3) is 3.06. The first-order valence-corrected chi connectivity index (χ1v) is 8.05. The fourth-order valence-electron chi connectivity index (χ4n) is 3.58. The van der Waals surface area contributed by atoms with E-state index < -0.39 is 0 Å². The third-order valence-electron chi connectivity index (χ3n) is 4.72. The SMILES string of the molecule is COc1ccccc1C1CCN(Cc2c(C)nn(C)c2OC)C1. The molecule has 23 heavy (non-hydrogen) atoms. The zero-order valence-corrected chi connectivity index (χ0v) is 14.4. The monoisotopic (exact) mass is 315 g/mol. The summed E-state index contributed by atoms with van der Waals surface area (Å²) in [4.78, 5) is 2.48. The van der Waals surface area contributed by atoms with Gasteiger partial charge in [0.1, 0.15) is 5.75 Å². The molecule has 0 radical (unpaired) electrons. The van der Waals surface area contributed by atoms with E-state index in [1.807, 2.05) is 30.8 Å². The van der Waals surface area contributed by atoms with E-state index in [1.165, 1.54) is 11.1 Å². The van der Waals surface area contributed by atoms with Crippen molar-refractivity contribution in [3.05, 3.63) is 41.1 Å². The van der Waals surface area contributed by atoms with Crippen LogP contribution in [0.25, 0.3) is 0 Å². The maximum atomic E-state index is 5.52. The van der Waals surface area contributed by atoms with E-state index in [4.69, 9.17) is 9.47 Å². The van der Waals surface area contributed by atoms with Crippen molar-refractivity contribution < 1.29 is 9.47 Å². The minimum Gasteiger partial charge on any atom is -0.496 e. The van der Waals surface area contributed by atoms with Gasteiger partial charge in [-0.2, -0.15) is 5.10 Å². The summed E-state index contributed by atoms with van der Waals surface area (Å²) in [7, 11) is 5.38. The summed E-state index contributed by atoms with van der Waals surface area (Å²) in [5.74, 6) is 2.38. The van der Waals surface area contributed by atoms with Gasteiger partial charge in [-0.15, -0.1) is 0 Å². The maximum Gasteiger partial charge on any atom is 0.216 e. The van der Waals surface area contributed by atoms with Gasteiger partial charge in [0.05, 0.1) is 25.5 Å². The Hall–Kier alpha value is -2.01. The van der Waals surface area contributed by atoms with E-state index in [0.29, 0.717) is 5.92 Å². The molecular formula is C18H25N3O2. The first-order chi connectivity index (χ1) is 11.1. The van der Waals surface area contributed by atoms with Crippen LogP contribution in [-0.2, 0) is 13.6 Å². The molecule has 2 aromatic rings. The molecule has 1 aromatic carbocycles. The van der Waals surface area contributed by atoms with E-state index in [1.54, 1.807) is 14.2 Å². The highest BCUT2D eigenvalue weighted by atomic mass is 16.5. The second kappa shape index (κ2) is 6.62. The number of nitrogens with zero attached hydrogens (tertiary/aromatic N) is 3. The lowest BCUT2D eigenvalue weighted by atomic mass is 9.97. The number of hydrogen-bond acceptors (Lipinski definition) is 4. The molecule has 0 aliphatic carbocycles. The average Bonchev–Trinajstić information content (AvgIpc) is 3.12. The van der Waals surface area contributed by atoms with Crippen LogP contribution >= 0.6 is 0 Å². The molecule has 1 unspecified atom stereocenters. The van der Waals surface area contributed by atoms with Crippen LogP contribution < -0.4 is 9.47 Å². The largest absolute Gasteiger partial charge is 0.496 e. The smallest absolute Gasteiger partial charge is 0.216 e. The predicted molar refractivity (Wildman–Crippen MR) is 90.1 cm³/mol. The highest BCUT2D eigenvalue weighted by molar-refractivity contribution is 5.37. The molecule has 3 rings (SSSR count). The summed E-state index contributed by atoms with van der Waals surface area (Å²) in [6.45, 7) is 5.05.